The maximum absolute atomic E-state index is 12.7. The number of ether oxygens (including phenoxy) is 1. The molecule has 0 radical (unpaired) electrons. The van der Waals surface area contributed by atoms with Crippen LogP contribution in [0.4, 0.5) is 49.2 Å². The molecule has 0 atom stereocenters. The van der Waals surface area contributed by atoms with Gasteiger partial charge in [-0.3, -0.25) is 9.59 Å². The fourth-order valence-electron chi connectivity index (χ4n) is 4.03. The van der Waals surface area contributed by atoms with E-state index in [9.17, 15) is 35.9 Å². The van der Waals surface area contributed by atoms with Crippen molar-refractivity contribution in [3.05, 3.63) is 91.8 Å². The maximum atomic E-state index is 12.7. The van der Waals surface area contributed by atoms with Crippen molar-refractivity contribution in [2.75, 3.05) is 16.0 Å². The summed E-state index contributed by atoms with van der Waals surface area (Å²) in [6.45, 7) is 13.9. The minimum Gasteiger partial charge on any atom is -0.388 e. The number of halogens is 6. The molecular weight excluding hydrogens is 700 g/mol. The van der Waals surface area contributed by atoms with Crippen LogP contribution < -0.4 is 20.7 Å². The second kappa shape index (κ2) is 16.9. The lowest BCUT2D eigenvalue weighted by Gasteiger charge is -2.13. The van der Waals surface area contributed by atoms with Gasteiger partial charge in [-0.15, -0.1) is 26.3 Å². The lowest BCUT2D eigenvalue weighted by atomic mass is 10.1. The minimum absolute atomic E-state index is 0. The standard InChI is InChI=1S/C16H14F3N5O2.C14H11F3N6O.C2H6.2H2/c1-3-13(25)23-11-6-12(9(2)20)15(22-8-11)24-10-4-5-14(21-7-10)26-16(17,18)19;1-3-12(24)20-9-4-11-8(2)21-23(13(11)18-5-9)10-6-19-22(7-10)14(15,16)17;1-2;;/h3-8,20H,1H2,2H3,(H,22,24)(H,23,25);3-7H,1H2,2H3,(H,20,24);1-2H3;2*1H. The first-order valence-electron chi connectivity index (χ1n) is 14.9. The van der Waals surface area contributed by atoms with E-state index in [0.717, 1.165) is 36.8 Å². The van der Waals surface area contributed by atoms with Crippen LogP contribution >= 0.6 is 0 Å². The van der Waals surface area contributed by atoms with Gasteiger partial charge in [0.2, 0.25) is 17.7 Å². The van der Waals surface area contributed by atoms with E-state index in [1.807, 2.05) is 13.8 Å². The van der Waals surface area contributed by atoms with Crippen LogP contribution in [0.5, 0.6) is 5.88 Å². The molecule has 5 aromatic heterocycles. The number of rotatable bonds is 9. The quantitative estimate of drug-likeness (QED) is 0.0672. The van der Waals surface area contributed by atoms with Crippen molar-refractivity contribution in [3.8, 4) is 11.6 Å². The van der Waals surface area contributed by atoms with E-state index in [4.69, 9.17) is 5.41 Å². The normalized spacial score (nSPS) is 10.9. The van der Waals surface area contributed by atoms with E-state index in [1.54, 1.807) is 13.0 Å². The fraction of sp³-hybridized carbons (Fsp3) is 0.188. The molecule has 0 aromatic carbocycles. The lowest BCUT2D eigenvalue weighted by molar-refractivity contribution is -0.276. The Morgan fingerprint density at radius 1 is 0.904 bits per heavy atom. The Hall–Kier alpha value is -6.60. The molecule has 0 fully saturated rings. The third kappa shape index (κ3) is 10.7. The van der Waals surface area contributed by atoms with Gasteiger partial charge >= 0.3 is 12.7 Å². The SMILES string of the molecule is C=CC(=O)Nc1cnc(Nc2ccc(OC(F)(F)F)nc2)c(C(C)=N)c1.C=CC(=O)Nc1cnc2c(c1)c(C)nn2-c1cnn(C(F)(F)F)c1.CC.[HH].[HH]. The summed E-state index contributed by atoms with van der Waals surface area (Å²) in [5, 5.41) is 23.8. The topological polar surface area (TPSA) is 178 Å². The van der Waals surface area contributed by atoms with Gasteiger partial charge in [0, 0.05) is 25.6 Å². The van der Waals surface area contributed by atoms with Gasteiger partial charge in [0.1, 0.15) is 11.5 Å². The van der Waals surface area contributed by atoms with Gasteiger partial charge < -0.3 is 26.1 Å². The van der Waals surface area contributed by atoms with E-state index >= 15 is 0 Å². The Kier molecular flexibility index (Phi) is 12.9. The largest absolute Gasteiger partial charge is 0.574 e. The van der Waals surface area contributed by atoms with E-state index in [1.165, 1.54) is 36.1 Å². The van der Waals surface area contributed by atoms with Crippen molar-refractivity contribution in [1.82, 2.24) is 34.5 Å². The van der Waals surface area contributed by atoms with Crippen molar-refractivity contribution in [2.24, 2.45) is 0 Å². The molecule has 0 aliphatic heterocycles. The molecule has 0 saturated heterocycles. The minimum atomic E-state index is -4.82. The van der Waals surface area contributed by atoms with E-state index in [-0.39, 0.29) is 24.8 Å². The number of aromatic nitrogens is 7. The average molecular weight is 736 g/mol. The molecule has 4 N–H and O–H groups in total. The molecule has 0 spiro atoms. The predicted octanol–water partition coefficient (Wildman–Crippen LogP) is 7.68. The third-order valence-corrected chi connectivity index (χ3v) is 6.20. The molecule has 14 nitrogen and oxygen atoms in total. The zero-order chi connectivity index (χ0) is 38.8. The summed E-state index contributed by atoms with van der Waals surface area (Å²) in [5.41, 5.74) is 2.73. The second-order valence-electron chi connectivity index (χ2n) is 9.89. The van der Waals surface area contributed by atoms with E-state index in [2.05, 4.69) is 59.0 Å². The number of alkyl halides is 6. The van der Waals surface area contributed by atoms with Gasteiger partial charge in [0.05, 0.1) is 53.7 Å². The Bertz CT molecular complexity index is 2080. The molecule has 5 heterocycles. The van der Waals surface area contributed by atoms with Gasteiger partial charge in [0.15, 0.2) is 5.65 Å². The highest BCUT2D eigenvalue weighted by Gasteiger charge is 2.32. The third-order valence-electron chi connectivity index (χ3n) is 6.20. The summed E-state index contributed by atoms with van der Waals surface area (Å²) in [5.74, 6) is -1.14. The van der Waals surface area contributed by atoms with Crippen molar-refractivity contribution in [3.63, 3.8) is 0 Å². The Balaban J connectivity index is 0.000000500. The number of carbonyl (C=O) groups is 2. The highest BCUT2D eigenvalue weighted by Crippen LogP contribution is 2.27. The second-order valence-corrected chi connectivity index (χ2v) is 9.89. The molecule has 0 aliphatic rings. The Morgan fingerprint density at radius 3 is 2.02 bits per heavy atom. The molecule has 5 aromatic rings. The molecule has 5 rings (SSSR count). The lowest BCUT2D eigenvalue weighted by Crippen LogP contribution is -2.17. The van der Waals surface area contributed by atoms with Crippen molar-refractivity contribution >= 4 is 51.4 Å². The monoisotopic (exact) mass is 735 g/mol. The molecule has 0 aliphatic carbocycles. The van der Waals surface area contributed by atoms with Crippen LogP contribution in [0.2, 0.25) is 0 Å². The van der Waals surface area contributed by atoms with Gasteiger partial charge in [0.25, 0.3) is 0 Å². The van der Waals surface area contributed by atoms with Crippen LogP contribution in [0.25, 0.3) is 16.7 Å². The highest BCUT2D eigenvalue weighted by atomic mass is 19.4. The summed E-state index contributed by atoms with van der Waals surface area (Å²) in [4.78, 5) is 34.5. The van der Waals surface area contributed by atoms with Gasteiger partial charge in [-0.1, -0.05) is 27.0 Å². The van der Waals surface area contributed by atoms with Crippen molar-refractivity contribution in [1.29, 1.82) is 5.41 Å². The summed E-state index contributed by atoms with van der Waals surface area (Å²) in [6.07, 6.45) is -1.45. The number of nitrogens with one attached hydrogen (secondary N) is 4. The first kappa shape index (κ1) is 39.8. The Labute approximate surface area is 294 Å². The molecule has 20 heteroatoms. The molecular formula is C32H35F6N11O3. The summed E-state index contributed by atoms with van der Waals surface area (Å²) in [7, 11) is 0. The van der Waals surface area contributed by atoms with Crippen LogP contribution in [0.1, 0.15) is 34.9 Å². The molecule has 2 amide bonds. The van der Waals surface area contributed by atoms with Crippen molar-refractivity contribution in [2.45, 2.75) is 40.4 Å². The van der Waals surface area contributed by atoms with Crippen LogP contribution in [0, 0.1) is 12.3 Å². The Morgan fingerprint density at radius 2 is 1.50 bits per heavy atom. The number of nitrogens with zero attached hydrogens (tertiary/aromatic N) is 7. The number of fused-ring (bicyclic) bond motifs is 1. The van der Waals surface area contributed by atoms with Crippen LogP contribution in [0.3, 0.4) is 0 Å². The summed E-state index contributed by atoms with van der Waals surface area (Å²) >= 11 is 0. The molecule has 278 valence electrons. The van der Waals surface area contributed by atoms with Crippen LogP contribution in [-0.2, 0) is 15.9 Å². The number of anilines is 4. The predicted molar refractivity (Wildman–Crippen MR) is 185 cm³/mol. The van der Waals surface area contributed by atoms with E-state index in [0.29, 0.717) is 39.4 Å². The summed E-state index contributed by atoms with van der Waals surface area (Å²) < 4.78 is 79.2. The number of pyridine rings is 3. The first-order valence-corrected chi connectivity index (χ1v) is 14.9. The molecule has 0 unspecified atom stereocenters. The zero-order valence-electron chi connectivity index (χ0n) is 27.9. The molecule has 0 bridgehead atoms. The number of hydrogen-bond acceptors (Lipinski definition) is 10. The molecule has 52 heavy (non-hydrogen) atoms. The van der Waals surface area contributed by atoms with Gasteiger partial charge in [-0.2, -0.15) is 14.9 Å². The average Bonchev–Trinajstić information content (AvgIpc) is 3.72. The van der Waals surface area contributed by atoms with Crippen LogP contribution in [0.15, 0.2) is 80.6 Å². The molecule has 0 saturated carbocycles. The van der Waals surface area contributed by atoms with Crippen LogP contribution in [-0.4, -0.2) is 58.4 Å². The van der Waals surface area contributed by atoms with Gasteiger partial charge in [-0.25, -0.2) is 19.6 Å². The number of aryl methyl sites for hydroxylation is 1. The maximum Gasteiger partial charge on any atom is 0.574 e. The fourth-order valence-corrected chi connectivity index (χ4v) is 4.03. The first-order chi connectivity index (χ1) is 24.5. The summed E-state index contributed by atoms with van der Waals surface area (Å²) in [6, 6.07) is 5.54. The smallest absolute Gasteiger partial charge is 0.388 e. The van der Waals surface area contributed by atoms with Gasteiger partial charge in [-0.05, 0) is 44.2 Å². The highest BCUT2D eigenvalue weighted by molar-refractivity contribution is 6.04. The van der Waals surface area contributed by atoms with E-state index < -0.39 is 30.4 Å². The number of hydrogen-bond donors (Lipinski definition) is 4. The zero-order valence-corrected chi connectivity index (χ0v) is 27.9. The number of amides is 2. The van der Waals surface area contributed by atoms with Crippen molar-refractivity contribution < 1.29 is 43.5 Å². The number of carbonyl (C=O) groups excluding carboxylic acids is 2.